The Morgan fingerprint density at radius 2 is 1.92 bits per heavy atom. The van der Waals surface area contributed by atoms with E-state index in [1.54, 1.807) is 24.3 Å². The van der Waals surface area contributed by atoms with E-state index < -0.39 is 12.1 Å². The Balaban J connectivity index is 2.71. The van der Waals surface area contributed by atoms with Crippen molar-refractivity contribution in [2.45, 2.75) is 12.5 Å². The van der Waals surface area contributed by atoms with Gasteiger partial charge < -0.3 is 15.9 Å². The first-order valence-corrected chi connectivity index (χ1v) is 3.85. The van der Waals surface area contributed by atoms with Gasteiger partial charge in [-0.05, 0) is 17.7 Å². The zero-order valence-electron chi connectivity index (χ0n) is 6.97. The molecule has 1 unspecified atom stereocenters. The van der Waals surface area contributed by atoms with E-state index in [1.807, 2.05) is 0 Å². The maximum absolute atomic E-state index is 10.3. The van der Waals surface area contributed by atoms with Crippen molar-refractivity contribution >= 4 is 11.7 Å². The third-order valence-corrected chi connectivity index (χ3v) is 1.69. The molecule has 0 bridgehead atoms. The Morgan fingerprint density at radius 1 is 1.38 bits per heavy atom. The summed E-state index contributed by atoms with van der Waals surface area (Å²) in [7, 11) is 0. The minimum Gasteiger partial charge on any atom is -0.481 e. The number of nitrogens with two attached hydrogens (primary N) is 1. The Bertz CT molecular complexity index is 294. The van der Waals surface area contributed by atoms with Crippen LogP contribution in [0.1, 0.15) is 18.1 Å². The summed E-state index contributed by atoms with van der Waals surface area (Å²) in [6, 6.07) is 6.48. The normalized spacial score (nSPS) is 12.4. The average molecular weight is 181 g/mol. The molecule has 0 aliphatic heterocycles. The van der Waals surface area contributed by atoms with Crippen LogP contribution in [-0.2, 0) is 4.79 Å². The molecule has 0 radical (unpaired) electrons. The molecule has 70 valence electrons. The number of benzene rings is 1. The van der Waals surface area contributed by atoms with E-state index >= 15 is 0 Å². The number of carboxylic acids is 1. The molecule has 4 heteroatoms. The molecular weight excluding hydrogens is 170 g/mol. The van der Waals surface area contributed by atoms with E-state index in [2.05, 4.69) is 0 Å². The molecule has 0 aromatic heterocycles. The first kappa shape index (κ1) is 9.54. The first-order valence-electron chi connectivity index (χ1n) is 3.85. The number of aliphatic carboxylic acids is 1. The summed E-state index contributed by atoms with van der Waals surface area (Å²) in [5, 5.41) is 17.8. The van der Waals surface area contributed by atoms with Crippen LogP contribution in [0.3, 0.4) is 0 Å². The molecule has 1 rings (SSSR count). The molecule has 0 aliphatic rings. The van der Waals surface area contributed by atoms with E-state index in [0.29, 0.717) is 11.3 Å². The van der Waals surface area contributed by atoms with Crippen molar-refractivity contribution in [1.82, 2.24) is 0 Å². The highest BCUT2D eigenvalue weighted by Gasteiger charge is 2.10. The van der Waals surface area contributed by atoms with E-state index in [1.165, 1.54) is 0 Å². The van der Waals surface area contributed by atoms with Crippen molar-refractivity contribution in [3.8, 4) is 0 Å². The molecule has 0 saturated carbocycles. The molecule has 1 aromatic carbocycles. The number of aliphatic hydroxyl groups is 1. The second-order valence-corrected chi connectivity index (χ2v) is 2.78. The van der Waals surface area contributed by atoms with Gasteiger partial charge in [-0.2, -0.15) is 0 Å². The third-order valence-electron chi connectivity index (χ3n) is 1.69. The number of aliphatic hydroxyl groups excluding tert-OH is 1. The second-order valence-electron chi connectivity index (χ2n) is 2.78. The largest absolute Gasteiger partial charge is 0.481 e. The van der Waals surface area contributed by atoms with Crippen LogP contribution in [0.25, 0.3) is 0 Å². The van der Waals surface area contributed by atoms with Gasteiger partial charge >= 0.3 is 5.97 Å². The van der Waals surface area contributed by atoms with Crippen LogP contribution in [0.5, 0.6) is 0 Å². The van der Waals surface area contributed by atoms with Crippen LogP contribution in [0, 0.1) is 0 Å². The van der Waals surface area contributed by atoms with Gasteiger partial charge in [-0.3, -0.25) is 4.79 Å². The molecular formula is C9H11NO3. The highest BCUT2D eigenvalue weighted by molar-refractivity contribution is 5.67. The molecule has 4 nitrogen and oxygen atoms in total. The Hall–Kier alpha value is -1.55. The zero-order valence-corrected chi connectivity index (χ0v) is 6.97. The van der Waals surface area contributed by atoms with Crippen molar-refractivity contribution in [3.63, 3.8) is 0 Å². The molecule has 0 fully saturated rings. The van der Waals surface area contributed by atoms with E-state index in [4.69, 9.17) is 10.8 Å². The molecule has 0 aliphatic carbocycles. The predicted molar refractivity (Wildman–Crippen MR) is 48.1 cm³/mol. The summed E-state index contributed by atoms with van der Waals surface area (Å²) in [4.78, 5) is 10.3. The fourth-order valence-corrected chi connectivity index (χ4v) is 1.00. The van der Waals surface area contributed by atoms with Crippen LogP contribution in [0.2, 0.25) is 0 Å². The van der Waals surface area contributed by atoms with Crippen molar-refractivity contribution in [2.75, 3.05) is 5.73 Å². The summed E-state index contributed by atoms with van der Waals surface area (Å²) in [6.45, 7) is 0. The van der Waals surface area contributed by atoms with Crippen LogP contribution in [-0.4, -0.2) is 16.2 Å². The van der Waals surface area contributed by atoms with Gasteiger partial charge in [-0.1, -0.05) is 12.1 Å². The standard InChI is InChI=1S/C9H11NO3/c10-7-3-1-6(2-4-7)8(11)5-9(12)13/h1-4,8,11H,5,10H2,(H,12,13). The van der Waals surface area contributed by atoms with Gasteiger partial charge in [0, 0.05) is 5.69 Å². The van der Waals surface area contributed by atoms with Gasteiger partial charge in [0.15, 0.2) is 0 Å². The fourth-order valence-electron chi connectivity index (χ4n) is 1.00. The van der Waals surface area contributed by atoms with Crippen molar-refractivity contribution in [1.29, 1.82) is 0 Å². The summed E-state index contributed by atoms with van der Waals surface area (Å²) < 4.78 is 0. The summed E-state index contributed by atoms with van der Waals surface area (Å²) in [5.74, 6) is -1.02. The third kappa shape index (κ3) is 2.76. The molecule has 0 spiro atoms. The lowest BCUT2D eigenvalue weighted by Gasteiger charge is -2.07. The highest BCUT2D eigenvalue weighted by Crippen LogP contribution is 2.17. The Labute approximate surface area is 75.6 Å². The maximum Gasteiger partial charge on any atom is 0.306 e. The number of carboxylic acid groups (broad SMARTS) is 1. The molecule has 0 saturated heterocycles. The summed E-state index contributed by atoms with van der Waals surface area (Å²) in [5.41, 5.74) is 6.59. The number of nitrogen functional groups attached to an aromatic ring is 1. The Kier molecular flexibility index (Phi) is 2.87. The minimum atomic E-state index is -1.02. The lowest BCUT2D eigenvalue weighted by molar-refractivity contribution is -0.139. The van der Waals surface area contributed by atoms with Gasteiger partial charge in [-0.25, -0.2) is 0 Å². The lowest BCUT2D eigenvalue weighted by atomic mass is 10.1. The van der Waals surface area contributed by atoms with E-state index in [-0.39, 0.29) is 6.42 Å². The molecule has 1 aromatic rings. The van der Waals surface area contributed by atoms with Crippen LogP contribution in [0.15, 0.2) is 24.3 Å². The number of hydrogen-bond acceptors (Lipinski definition) is 3. The molecule has 1 atom stereocenters. The van der Waals surface area contributed by atoms with Gasteiger partial charge in [0.2, 0.25) is 0 Å². The monoisotopic (exact) mass is 181 g/mol. The molecule has 4 N–H and O–H groups in total. The van der Waals surface area contributed by atoms with Gasteiger partial charge in [0.25, 0.3) is 0 Å². The van der Waals surface area contributed by atoms with Crippen molar-refractivity contribution in [2.24, 2.45) is 0 Å². The summed E-state index contributed by atoms with van der Waals surface area (Å²) >= 11 is 0. The number of rotatable bonds is 3. The van der Waals surface area contributed by atoms with Gasteiger partial charge in [-0.15, -0.1) is 0 Å². The van der Waals surface area contributed by atoms with Crippen LogP contribution >= 0.6 is 0 Å². The fraction of sp³-hybridized carbons (Fsp3) is 0.222. The molecule has 0 heterocycles. The number of hydrogen-bond donors (Lipinski definition) is 3. The SMILES string of the molecule is Nc1ccc(C(O)CC(=O)O)cc1. The highest BCUT2D eigenvalue weighted by atomic mass is 16.4. The lowest BCUT2D eigenvalue weighted by Crippen LogP contribution is -2.05. The second kappa shape index (κ2) is 3.91. The number of carbonyl (C=O) groups is 1. The van der Waals surface area contributed by atoms with E-state index in [9.17, 15) is 9.90 Å². The predicted octanol–water partition coefficient (Wildman–Crippen LogP) is 0.777. The minimum absolute atomic E-state index is 0.288. The van der Waals surface area contributed by atoms with Gasteiger partial charge in [0.05, 0.1) is 12.5 Å². The van der Waals surface area contributed by atoms with Crippen molar-refractivity contribution in [3.05, 3.63) is 29.8 Å². The molecule has 13 heavy (non-hydrogen) atoms. The summed E-state index contributed by atoms with van der Waals surface area (Å²) in [6.07, 6.45) is -1.25. The Morgan fingerprint density at radius 3 is 2.38 bits per heavy atom. The molecule has 0 amide bonds. The smallest absolute Gasteiger partial charge is 0.306 e. The zero-order chi connectivity index (χ0) is 9.84. The quantitative estimate of drug-likeness (QED) is 0.601. The van der Waals surface area contributed by atoms with Crippen LogP contribution in [0.4, 0.5) is 5.69 Å². The van der Waals surface area contributed by atoms with Crippen LogP contribution < -0.4 is 5.73 Å². The topological polar surface area (TPSA) is 83.5 Å². The average Bonchev–Trinajstić information content (AvgIpc) is 2.04. The van der Waals surface area contributed by atoms with Gasteiger partial charge in [0.1, 0.15) is 0 Å². The van der Waals surface area contributed by atoms with E-state index in [0.717, 1.165) is 0 Å². The first-order chi connectivity index (χ1) is 6.09. The van der Waals surface area contributed by atoms with Crippen molar-refractivity contribution < 1.29 is 15.0 Å². The number of anilines is 1. The maximum atomic E-state index is 10.3.